The molecule has 1 aliphatic heterocycles. The molecular formula is C20H24N2. The Hall–Kier alpha value is -1.67. The molecule has 2 aromatic rings. The number of likely N-dealkylation sites (tertiary alicyclic amines) is 1. The fraction of sp³-hybridized carbons (Fsp3) is 0.450. The van der Waals surface area contributed by atoms with Crippen molar-refractivity contribution in [2.45, 2.75) is 38.1 Å². The minimum absolute atomic E-state index is 0.510. The van der Waals surface area contributed by atoms with Crippen molar-refractivity contribution >= 4 is 0 Å². The van der Waals surface area contributed by atoms with Gasteiger partial charge in [-0.3, -0.25) is 9.88 Å². The lowest BCUT2D eigenvalue weighted by Crippen LogP contribution is -2.26. The molecule has 0 N–H and O–H groups in total. The Balaban J connectivity index is 1.58. The van der Waals surface area contributed by atoms with Gasteiger partial charge in [-0.15, -0.1) is 0 Å². The van der Waals surface area contributed by atoms with Gasteiger partial charge in [0, 0.05) is 31.7 Å². The van der Waals surface area contributed by atoms with Crippen molar-refractivity contribution in [2.75, 3.05) is 13.1 Å². The molecule has 1 atom stereocenters. The average Bonchev–Trinajstić information content (AvgIpc) is 3.17. The fourth-order valence-corrected chi connectivity index (χ4v) is 4.64. The largest absolute Gasteiger partial charge is 0.296 e. The average molecular weight is 292 g/mol. The highest BCUT2D eigenvalue weighted by Crippen LogP contribution is 2.53. The molecule has 1 saturated heterocycles. The topological polar surface area (TPSA) is 16.1 Å². The first-order valence-corrected chi connectivity index (χ1v) is 8.53. The van der Waals surface area contributed by atoms with Crippen LogP contribution in [0.3, 0.4) is 0 Å². The van der Waals surface area contributed by atoms with Gasteiger partial charge in [-0.25, -0.2) is 0 Å². The van der Waals surface area contributed by atoms with Crippen LogP contribution in [0.25, 0.3) is 0 Å². The molecule has 4 rings (SSSR count). The monoisotopic (exact) mass is 292 g/mol. The van der Waals surface area contributed by atoms with E-state index in [1.807, 2.05) is 12.3 Å². The number of pyridine rings is 1. The molecular weight excluding hydrogens is 268 g/mol. The zero-order valence-electron chi connectivity index (χ0n) is 13.1. The lowest BCUT2D eigenvalue weighted by molar-refractivity contribution is 0.245. The normalized spacial score (nSPS) is 24.1. The van der Waals surface area contributed by atoms with Gasteiger partial charge in [0.05, 0.1) is 5.69 Å². The second kappa shape index (κ2) is 5.85. The molecule has 0 amide bonds. The Morgan fingerprint density at radius 1 is 1.00 bits per heavy atom. The molecule has 0 radical (unpaired) electrons. The minimum Gasteiger partial charge on any atom is -0.296 e. The van der Waals surface area contributed by atoms with Crippen molar-refractivity contribution in [3.8, 4) is 0 Å². The molecule has 1 aromatic heterocycles. The summed E-state index contributed by atoms with van der Waals surface area (Å²) in [5, 5.41) is 0. The molecule has 2 heterocycles. The summed E-state index contributed by atoms with van der Waals surface area (Å²) in [5.74, 6) is 0.694. The zero-order valence-corrected chi connectivity index (χ0v) is 13.1. The van der Waals surface area contributed by atoms with E-state index in [-0.39, 0.29) is 0 Å². The van der Waals surface area contributed by atoms with Crippen molar-refractivity contribution in [3.63, 3.8) is 0 Å². The Morgan fingerprint density at radius 2 is 1.77 bits per heavy atom. The summed E-state index contributed by atoms with van der Waals surface area (Å²) in [6.07, 6.45) is 7.50. The van der Waals surface area contributed by atoms with E-state index in [4.69, 9.17) is 0 Å². The molecule has 0 unspecified atom stereocenters. The number of hydrogen-bond acceptors (Lipinski definition) is 2. The predicted octanol–water partition coefficient (Wildman–Crippen LogP) is 4.24. The van der Waals surface area contributed by atoms with E-state index in [0.29, 0.717) is 11.3 Å². The maximum atomic E-state index is 4.51. The Morgan fingerprint density at radius 3 is 2.50 bits per heavy atom. The van der Waals surface area contributed by atoms with E-state index in [0.717, 1.165) is 6.54 Å². The highest BCUT2D eigenvalue weighted by molar-refractivity contribution is 5.26. The molecule has 2 heteroatoms. The Labute approximate surface area is 133 Å². The number of aromatic nitrogens is 1. The van der Waals surface area contributed by atoms with Crippen LogP contribution >= 0.6 is 0 Å². The van der Waals surface area contributed by atoms with Crippen molar-refractivity contribution in [3.05, 3.63) is 66.0 Å². The van der Waals surface area contributed by atoms with E-state index in [9.17, 15) is 0 Å². The number of hydrogen-bond donors (Lipinski definition) is 0. The van der Waals surface area contributed by atoms with Gasteiger partial charge >= 0.3 is 0 Å². The van der Waals surface area contributed by atoms with Crippen LogP contribution in [-0.2, 0) is 6.54 Å². The van der Waals surface area contributed by atoms with E-state index in [1.165, 1.54) is 50.0 Å². The van der Waals surface area contributed by atoms with Crippen LogP contribution in [0.1, 0.15) is 42.9 Å². The van der Waals surface area contributed by atoms with Crippen LogP contribution in [0.5, 0.6) is 0 Å². The van der Waals surface area contributed by atoms with Gasteiger partial charge in [-0.05, 0) is 36.0 Å². The van der Waals surface area contributed by atoms with Gasteiger partial charge in [0.2, 0.25) is 0 Å². The van der Waals surface area contributed by atoms with Crippen LogP contribution in [-0.4, -0.2) is 23.0 Å². The van der Waals surface area contributed by atoms with Crippen molar-refractivity contribution in [1.82, 2.24) is 9.88 Å². The van der Waals surface area contributed by atoms with Gasteiger partial charge < -0.3 is 0 Å². The Bertz CT molecular complexity index is 602. The second-order valence-corrected chi connectivity index (χ2v) is 7.02. The van der Waals surface area contributed by atoms with Crippen molar-refractivity contribution < 1.29 is 0 Å². The highest BCUT2D eigenvalue weighted by atomic mass is 15.2. The molecule has 1 saturated carbocycles. The number of rotatable bonds is 3. The zero-order chi connectivity index (χ0) is 14.8. The van der Waals surface area contributed by atoms with Crippen LogP contribution in [0, 0.1) is 5.41 Å². The van der Waals surface area contributed by atoms with E-state index >= 15 is 0 Å². The van der Waals surface area contributed by atoms with Gasteiger partial charge in [0.1, 0.15) is 0 Å². The number of nitrogens with zero attached hydrogens (tertiary/aromatic N) is 2. The minimum atomic E-state index is 0.510. The summed E-state index contributed by atoms with van der Waals surface area (Å²) in [5.41, 5.74) is 3.24. The molecule has 1 spiro atoms. The van der Waals surface area contributed by atoms with Crippen molar-refractivity contribution in [1.29, 1.82) is 0 Å². The second-order valence-electron chi connectivity index (χ2n) is 7.02. The first kappa shape index (κ1) is 14.0. The maximum Gasteiger partial charge on any atom is 0.0543 e. The summed E-state index contributed by atoms with van der Waals surface area (Å²) >= 11 is 0. The quantitative estimate of drug-likeness (QED) is 0.841. The fourth-order valence-electron chi connectivity index (χ4n) is 4.64. The molecule has 1 aromatic carbocycles. The summed E-state index contributed by atoms with van der Waals surface area (Å²) in [7, 11) is 0. The summed E-state index contributed by atoms with van der Waals surface area (Å²) in [6.45, 7) is 3.41. The van der Waals surface area contributed by atoms with E-state index in [1.54, 1.807) is 0 Å². The van der Waals surface area contributed by atoms with Crippen LogP contribution in [0.15, 0.2) is 54.7 Å². The van der Waals surface area contributed by atoms with E-state index in [2.05, 4.69) is 52.3 Å². The van der Waals surface area contributed by atoms with Gasteiger partial charge in [0.25, 0.3) is 0 Å². The SMILES string of the molecule is c1ccc([C@H]2CN(Cc3ccccn3)CC23CCCC3)cc1. The summed E-state index contributed by atoms with van der Waals surface area (Å²) < 4.78 is 0. The first-order chi connectivity index (χ1) is 10.9. The lowest BCUT2D eigenvalue weighted by Gasteiger charge is -2.30. The van der Waals surface area contributed by atoms with Gasteiger partial charge in [-0.2, -0.15) is 0 Å². The van der Waals surface area contributed by atoms with Crippen LogP contribution in [0.4, 0.5) is 0 Å². The molecule has 2 nitrogen and oxygen atoms in total. The lowest BCUT2D eigenvalue weighted by atomic mass is 9.73. The molecule has 0 bridgehead atoms. The maximum absolute atomic E-state index is 4.51. The standard InChI is InChI=1S/C20H24N2/c1-2-8-17(9-3-1)19-15-22(14-18-10-4-7-13-21-18)16-20(19)11-5-6-12-20/h1-4,7-10,13,19H,5-6,11-12,14-16H2/t19-/m1/s1. The summed E-state index contributed by atoms with van der Waals surface area (Å²) in [6, 6.07) is 17.4. The third kappa shape index (κ3) is 2.56. The predicted molar refractivity (Wildman–Crippen MR) is 89.6 cm³/mol. The van der Waals surface area contributed by atoms with E-state index < -0.39 is 0 Å². The van der Waals surface area contributed by atoms with Crippen LogP contribution < -0.4 is 0 Å². The molecule has 2 fully saturated rings. The smallest absolute Gasteiger partial charge is 0.0543 e. The molecule has 22 heavy (non-hydrogen) atoms. The van der Waals surface area contributed by atoms with Gasteiger partial charge in [0.15, 0.2) is 0 Å². The third-order valence-corrected chi connectivity index (χ3v) is 5.63. The molecule has 1 aliphatic carbocycles. The first-order valence-electron chi connectivity index (χ1n) is 8.53. The third-order valence-electron chi connectivity index (χ3n) is 5.63. The van der Waals surface area contributed by atoms with Crippen LogP contribution in [0.2, 0.25) is 0 Å². The number of benzene rings is 1. The Kier molecular flexibility index (Phi) is 3.71. The van der Waals surface area contributed by atoms with Gasteiger partial charge in [-0.1, -0.05) is 49.2 Å². The molecule has 114 valence electrons. The summed E-state index contributed by atoms with van der Waals surface area (Å²) in [4.78, 5) is 7.14. The van der Waals surface area contributed by atoms with Crippen molar-refractivity contribution in [2.24, 2.45) is 5.41 Å². The highest BCUT2D eigenvalue weighted by Gasteiger charge is 2.48. The molecule has 2 aliphatic rings.